The van der Waals surface area contributed by atoms with Gasteiger partial charge in [-0.3, -0.25) is 4.79 Å². The van der Waals surface area contributed by atoms with E-state index in [1.54, 1.807) is 28.8 Å². The topological polar surface area (TPSA) is 22.0 Å². The van der Waals surface area contributed by atoms with Crippen molar-refractivity contribution in [1.82, 2.24) is 4.57 Å². The van der Waals surface area contributed by atoms with Crippen molar-refractivity contribution >= 4 is 0 Å². The predicted octanol–water partition coefficient (Wildman–Crippen LogP) is 4.01. The summed E-state index contributed by atoms with van der Waals surface area (Å²) >= 11 is 0. The zero-order chi connectivity index (χ0) is 15.5. The summed E-state index contributed by atoms with van der Waals surface area (Å²) in [6, 6.07) is 17.7. The lowest BCUT2D eigenvalue weighted by Gasteiger charge is -2.09. The fraction of sp³-hybridized carbons (Fsp3) is 0.105. The van der Waals surface area contributed by atoms with Gasteiger partial charge in [0.15, 0.2) is 0 Å². The van der Waals surface area contributed by atoms with Crippen LogP contribution < -0.4 is 5.56 Å². The Kier molecular flexibility index (Phi) is 3.88. The third-order valence-electron chi connectivity index (χ3n) is 3.63. The molecule has 0 atom stereocenters. The molecule has 22 heavy (non-hydrogen) atoms. The van der Waals surface area contributed by atoms with Gasteiger partial charge in [0.05, 0.1) is 6.54 Å². The molecule has 0 spiro atoms. The quantitative estimate of drug-likeness (QED) is 0.715. The maximum atomic E-state index is 13.0. The van der Waals surface area contributed by atoms with Crippen LogP contribution in [-0.4, -0.2) is 4.57 Å². The smallest absolute Gasteiger partial charge is 0.250 e. The fourth-order valence-corrected chi connectivity index (χ4v) is 2.36. The van der Waals surface area contributed by atoms with Gasteiger partial charge in [-0.25, -0.2) is 4.39 Å². The summed E-state index contributed by atoms with van der Waals surface area (Å²) < 4.78 is 14.7. The molecule has 2 nitrogen and oxygen atoms in total. The molecule has 0 saturated carbocycles. The molecule has 3 aromatic rings. The second-order valence-electron chi connectivity index (χ2n) is 5.38. The minimum atomic E-state index is -0.267. The summed E-state index contributed by atoms with van der Waals surface area (Å²) in [7, 11) is 0. The first-order valence-electron chi connectivity index (χ1n) is 7.14. The summed E-state index contributed by atoms with van der Waals surface area (Å²) in [5.74, 6) is -0.267. The van der Waals surface area contributed by atoms with Gasteiger partial charge in [0.1, 0.15) is 5.82 Å². The first-order valence-corrected chi connectivity index (χ1v) is 7.14. The second-order valence-corrected chi connectivity index (χ2v) is 5.38. The Labute approximate surface area is 128 Å². The molecule has 0 unspecified atom stereocenters. The summed E-state index contributed by atoms with van der Waals surface area (Å²) in [6.45, 7) is 2.55. The zero-order valence-electron chi connectivity index (χ0n) is 12.3. The van der Waals surface area contributed by atoms with Crippen LogP contribution in [0.4, 0.5) is 4.39 Å². The summed E-state index contributed by atoms with van der Waals surface area (Å²) in [6.07, 6.45) is 1.81. The van der Waals surface area contributed by atoms with Gasteiger partial charge in [-0.05, 0) is 41.8 Å². The average molecular weight is 293 g/mol. The molecule has 2 aromatic carbocycles. The van der Waals surface area contributed by atoms with Crippen LogP contribution in [0.2, 0.25) is 0 Å². The number of hydrogen-bond acceptors (Lipinski definition) is 1. The van der Waals surface area contributed by atoms with E-state index in [-0.39, 0.29) is 11.4 Å². The van der Waals surface area contributed by atoms with Crippen molar-refractivity contribution in [2.24, 2.45) is 0 Å². The van der Waals surface area contributed by atoms with Crippen LogP contribution in [0.3, 0.4) is 0 Å². The minimum absolute atomic E-state index is 0.0496. The van der Waals surface area contributed by atoms with E-state index in [9.17, 15) is 9.18 Å². The van der Waals surface area contributed by atoms with E-state index >= 15 is 0 Å². The number of benzene rings is 2. The van der Waals surface area contributed by atoms with Gasteiger partial charge in [0, 0.05) is 12.3 Å². The van der Waals surface area contributed by atoms with Crippen molar-refractivity contribution in [2.45, 2.75) is 13.5 Å². The van der Waals surface area contributed by atoms with Gasteiger partial charge in [-0.1, -0.05) is 42.0 Å². The number of hydrogen-bond donors (Lipinski definition) is 0. The van der Waals surface area contributed by atoms with Crippen molar-refractivity contribution in [1.29, 1.82) is 0 Å². The maximum Gasteiger partial charge on any atom is 0.250 e. The van der Waals surface area contributed by atoms with Gasteiger partial charge < -0.3 is 4.57 Å². The lowest BCUT2D eigenvalue weighted by atomic mass is 10.1. The van der Waals surface area contributed by atoms with Gasteiger partial charge in [0.25, 0.3) is 5.56 Å². The van der Waals surface area contributed by atoms with Gasteiger partial charge in [-0.15, -0.1) is 0 Å². The molecular weight excluding hydrogens is 277 g/mol. The summed E-state index contributed by atoms with van der Waals surface area (Å²) in [5, 5.41) is 0. The van der Waals surface area contributed by atoms with Crippen LogP contribution in [0, 0.1) is 12.7 Å². The van der Waals surface area contributed by atoms with Crippen molar-refractivity contribution in [3.8, 4) is 11.1 Å². The Morgan fingerprint density at radius 2 is 1.50 bits per heavy atom. The first kappa shape index (κ1) is 14.3. The maximum absolute atomic E-state index is 13.0. The molecule has 0 aliphatic rings. The van der Waals surface area contributed by atoms with E-state index in [4.69, 9.17) is 0 Å². The highest BCUT2D eigenvalue weighted by Crippen LogP contribution is 2.18. The molecule has 0 aliphatic carbocycles. The third kappa shape index (κ3) is 3.14. The molecule has 0 aliphatic heterocycles. The standard InChI is InChI=1S/C19H16FNO/c1-14-2-4-15(5-3-14)12-21-13-17(8-11-19(21)22)16-6-9-18(20)10-7-16/h2-11,13H,12H2,1H3. The van der Waals surface area contributed by atoms with E-state index < -0.39 is 0 Å². The van der Waals surface area contributed by atoms with Crippen molar-refractivity contribution in [3.05, 3.63) is 94.2 Å². The number of aromatic nitrogens is 1. The van der Waals surface area contributed by atoms with Gasteiger partial charge in [-0.2, -0.15) is 0 Å². The monoisotopic (exact) mass is 293 g/mol. The lowest BCUT2D eigenvalue weighted by Crippen LogP contribution is -2.19. The van der Waals surface area contributed by atoms with E-state index in [2.05, 4.69) is 0 Å². The first-order chi connectivity index (χ1) is 10.6. The number of aryl methyl sites for hydroxylation is 1. The summed E-state index contributed by atoms with van der Waals surface area (Å²) in [4.78, 5) is 12.0. The van der Waals surface area contributed by atoms with E-state index in [1.165, 1.54) is 17.7 Å². The molecule has 1 aromatic heterocycles. The molecular formula is C19H16FNO. The third-order valence-corrected chi connectivity index (χ3v) is 3.63. The van der Waals surface area contributed by atoms with Crippen molar-refractivity contribution in [2.75, 3.05) is 0 Å². The Morgan fingerprint density at radius 1 is 0.864 bits per heavy atom. The molecule has 1 heterocycles. The minimum Gasteiger partial charge on any atom is -0.310 e. The van der Waals surface area contributed by atoms with Crippen molar-refractivity contribution in [3.63, 3.8) is 0 Å². The molecule has 0 saturated heterocycles. The molecule has 0 fully saturated rings. The average Bonchev–Trinajstić information content (AvgIpc) is 2.52. The molecule has 3 heteroatoms. The van der Waals surface area contributed by atoms with Crippen LogP contribution in [0.25, 0.3) is 11.1 Å². The Morgan fingerprint density at radius 3 is 2.18 bits per heavy atom. The predicted molar refractivity (Wildman–Crippen MR) is 86.4 cm³/mol. The highest BCUT2D eigenvalue weighted by molar-refractivity contribution is 5.62. The van der Waals surface area contributed by atoms with E-state index in [0.717, 1.165) is 16.7 Å². The number of nitrogens with zero attached hydrogens (tertiary/aromatic N) is 1. The molecule has 3 rings (SSSR count). The number of halogens is 1. The van der Waals surface area contributed by atoms with Crippen molar-refractivity contribution < 1.29 is 4.39 Å². The molecule has 110 valence electrons. The van der Waals surface area contributed by atoms with Gasteiger partial charge in [0.2, 0.25) is 0 Å². The van der Waals surface area contributed by atoms with Crippen LogP contribution in [0.5, 0.6) is 0 Å². The van der Waals surface area contributed by atoms with E-state index in [0.29, 0.717) is 6.54 Å². The molecule has 0 N–H and O–H groups in total. The highest BCUT2D eigenvalue weighted by Gasteiger charge is 2.03. The zero-order valence-corrected chi connectivity index (χ0v) is 12.3. The van der Waals surface area contributed by atoms with Crippen LogP contribution in [0.15, 0.2) is 71.7 Å². The fourth-order valence-electron chi connectivity index (χ4n) is 2.36. The summed E-state index contributed by atoms with van der Waals surface area (Å²) in [5.41, 5.74) is 4.00. The lowest BCUT2D eigenvalue weighted by molar-refractivity contribution is 0.628. The number of pyridine rings is 1. The SMILES string of the molecule is Cc1ccc(Cn2cc(-c3ccc(F)cc3)ccc2=O)cc1. The van der Waals surface area contributed by atoms with Crippen LogP contribution in [-0.2, 0) is 6.54 Å². The second kappa shape index (κ2) is 5.98. The number of rotatable bonds is 3. The Balaban J connectivity index is 1.94. The molecule has 0 radical (unpaired) electrons. The van der Waals surface area contributed by atoms with E-state index in [1.807, 2.05) is 37.4 Å². The molecule has 0 amide bonds. The molecule has 0 bridgehead atoms. The largest absolute Gasteiger partial charge is 0.310 e. The Bertz CT molecular complexity index is 833. The van der Waals surface area contributed by atoms with Gasteiger partial charge >= 0.3 is 0 Å². The highest BCUT2D eigenvalue weighted by atomic mass is 19.1. The van der Waals surface area contributed by atoms with Crippen LogP contribution >= 0.6 is 0 Å². The van der Waals surface area contributed by atoms with Crippen LogP contribution in [0.1, 0.15) is 11.1 Å². The Hall–Kier alpha value is -2.68. The normalized spacial score (nSPS) is 10.6.